The van der Waals surface area contributed by atoms with Crippen LogP contribution in [0.4, 0.5) is 14.9 Å². The molecule has 1 saturated heterocycles. The standard InChI is InChI=1S/C32H35FN2O6/c1-3-21(4-2)20-32(40)13-15-35(16-14-32)31(39)34-26-17-24(29(36)22-5-9-25(33)10-6-22)18-28(19-26)41-27-11-7-23(8-12-27)30(37)38/h5-12,17-19,21,40H,3-4,13-16,20H2,1-2H3,(H,34,39)(H,37,38). The molecule has 0 bridgehead atoms. The number of nitrogens with one attached hydrogen (secondary N) is 1. The lowest BCUT2D eigenvalue weighted by molar-refractivity contribution is -0.0309. The quantitative estimate of drug-likeness (QED) is 0.236. The first-order chi connectivity index (χ1) is 19.6. The van der Waals surface area contributed by atoms with E-state index in [1.807, 2.05) is 0 Å². The zero-order valence-corrected chi connectivity index (χ0v) is 23.2. The second kappa shape index (κ2) is 13.0. The summed E-state index contributed by atoms with van der Waals surface area (Å²) in [7, 11) is 0. The highest BCUT2D eigenvalue weighted by molar-refractivity contribution is 6.10. The van der Waals surface area contributed by atoms with Crippen LogP contribution in [0.15, 0.2) is 66.7 Å². The van der Waals surface area contributed by atoms with E-state index < -0.39 is 23.2 Å². The first-order valence-electron chi connectivity index (χ1n) is 13.8. The van der Waals surface area contributed by atoms with Crippen LogP contribution in [0.25, 0.3) is 0 Å². The Morgan fingerprint density at radius 3 is 2.10 bits per heavy atom. The molecule has 1 aliphatic heterocycles. The summed E-state index contributed by atoms with van der Waals surface area (Å²) < 4.78 is 19.3. The number of carboxylic acids is 1. The van der Waals surface area contributed by atoms with Gasteiger partial charge in [0.25, 0.3) is 0 Å². The fourth-order valence-corrected chi connectivity index (χ4v) is 5.08. The molecular weight excluding hydrogens is 527 g/mol. The zero-order chi connectivity index (χ0) is 29.6. The number of carbonyl (C=O) groups is 3. The molecule has 4 rings (SSSR count). The molecule has 0 aliphatic carbocycles. The number of aliphatic hydroxyl groups is 1. The summed E-state index contributed by atoms with van der Waals surface area (Å²) in [5.74, 6) is -0.900. The fourth-order valence-electron chi connectivity index (χ4n) is 5.08. The molecule has 3 N–H and O–H groups in total. The number of hydrogen-bond donors (Lipinski definition) is 3. The number of carboxylic acid groups (broad SMARTS) is 1. The molecule has 0 radical (unpaired) electrons. The molecule has 0 unspecified atom stereocenters. The SMILES string of the molecule is CCC(CC)CC1(O)CCN(C(=O)Nc2cc(Oc3ccc(C(=O)O)cc3)cc(C(=O)c3ccc(F)cc3)c2)CC1. The monoisotopic (exact) mass is 562 g/mol. The molecule has 0 saturated carbocycles. The van der Waals surface area contributed by atoms with Gasteiger partial charge < -0.3 is 25.2 Å². The summed E-state index contributed by atoms with van der Waals surface area (Å²) in [5, 5.41) is 23.1. The molecule has 2 amide bonds. The average molecular weight is 563 g/mol. The van der Waals surface area contributed by atoms with Crippen molar-refractivity contribution in [2.45, 2.75) is 51.6 Å². The molecule has 0 spiro atoms. The fraction of sp³-hybridized carbons (Fsp3) is 0.344. The molecule has 216 valence electrons. The molecule has 0 atom stereocenters. The summed E-state index contributed by atoms with van der Waals surface area (Å²) in [4.78, 5) is 39.2. The summed E-state index contributed by atoms with van der Waals surface area (Å²) >= 11 is 0. The largest absolute Gasteiger partial charge is 0.478 e. The minimum Gasteiger partial charge on any atom is -0.478 e. The van der Waals surface area contributed by atoms with Crippen LogP contribution in [0.5, 0.6) is 11.5 Å². The van der Waals surface area contributed by atoms with Gasteiger partial charge in [-0.15, -0.1) is 0 Å². The Morgan fingerprint density at radius 2 is 1.51 bits per heavy atom. The van der Waals surface area contributed by atoms with E-state index in [9.17, 15) is 23.9 Å². The van der Waals surface area contributed by atoms with Gasteiger partial charge >= 0.3 is 12.0 Å². The summed E-state index contributed by atoms with van der Waals surface area (Å²) in [6.45, 7) is 5.04. The van der Waals surface area contributed by atoms with Gasteiger partial charge in [-0.1, -0.05) is 26.7 Å². The van der Waals surface area contributed by atoms with E-state index in [1.165, 1.54) is 60.7 Å². The molecule has 1 aliphatic rings. The highest BCUT2D eigenvalue weighted by Crippen LogP contribution is 2.32. The summed E-state index contributed by atoms with van der Waals surface area (Å²) in [6.07, 6.45) is 3.70. The van der Waals surface area contributed by atoms with E-state index in [2.05, 4.69) is 19.2 Å². The average Bonchev–Trinajstić information content (AvgIpc) is 2.96. The predicted octanol–water partition coefficient (Wildman–Crippen LogP) is 6.73. The Hall–Kier alpha value is -4.24. The van der Waals surface area contributed by atoms with Crippen LogP contribution in [-0.4, -0.2) is 51.6 Å². The van der Waals surface area contributed by atoms with Crippen molar-refractivity contribution in [3.63, 3.8) is 0 Å². The van der Waals surface area contributed by atoms with Crippen molar-refractivity contribution in [1.29, 1.82) is 0 Å². The smallest absolute Gasteiger partial charge is 0.335 e. The molecule has 3 aromatic rings. The van der Waals surface area contributed by atoms with Crippen molar-refractivity contribution < 1.29 is 33.7 Å². The normalized spacial score (nSPS) is 14.5. The molecule has 1 fully saturated rings. The topological polar surface area (TPSA) is 116 Å². The van der Waals surface area contributed by atoms with Gasteiger partial charge in [-0.2, -0.15) is 0 Å². The highest BCUT2D eigenvalue weighted by atomic mass is 19.1. The van der Waals surface area contributed by atoms with Crippen LogP contribution >= 0.6 is 0 Å². The first kappa shape index (κ1) is 29.7. The third-order valence-electron chi connectivity index (χ3n) is 7.67. The first-order valence-corrected chi connectivity index (χ1v) is 13.8. The molecule has 41 heavy (non-hydrogen) atoms. The number of benzene rings is 3. The van der Waals surface area contributed by atoms with E-state index in [1.54, 1.807) is 11.0 Å². The van der Waals surface area contributed by atoms with Gasteiger partial charge in [-0.05, 0) is 85.8 Å². The number of hydrogen-bond acceptors (Lipinski definition) is 5. The minimum absolute atomic E-state index is 0.0962. The lowest BCUT2D eigenvalue weighted by Crippen LogP contribution is -2.48. The van der Waals surface area contributed by atoms with Gasteiger partial charge in [-0.25, -0.2) is 14.0 Å². The lowest BCUT2D eigenvalue weighted by Gasteiger charge is -2.39. The van der Waals surface area contributed by atoms with Crippen molar-refractivity contribution in [2.75, 3.05) is 18.4 Å². The third-order valence-corrected chi connectivity index (χ3v) is 7.67. The van der Waals surface area contributed by atoms with Gasteiger partial charge in [0.1, 0.15) is 17.3 Å². The number of ketones is 1. The Balaban J connectivity index is 1.53. The van der Waals surface area contributed by atoms with Crippen LogP contribution in [0.3, 0.4) is 0 Å². The highest BCUT2D eigenvalue weighted by Gasteiger charge is 2.35. The lowest BCUT2D eigenvalue weighted by atomic mass is 9.81. The maximum Gasteiger partial charge on any atom is 0.335 e. The van der Waals surface area contributed by atoms with Crippen LogP contribution in [0.1, 0.15) is 72.2 Å². The number of amides is 2. The number of halogens is 1. The van der Waals surface area contributed by atoms with Crippen molar-refractivity contribution in [3.8, 4) is 11.5 Å². The zero-order valence-electron chi connectivity index (χ0n) is 23.2. The number of piperidine rings is 1. The number of anilines is 1. The number of carbonyl (C=O) groups excluding carboxylic acids is 2. The number of nitrogens with zero attached hydrogens (tertiary/aromatic N) is 1. The number of rotatable bonds is 10. The summed E-state index contributed by atoms with van der Waals surface area (Å²) in [6, 6.07) is 15.2. The van der Waals surface area contributed by atoms with Gasteiger partial charge in [0.05, 0.1) is 11.2 Å². The van der Waals surface area contributed by atoms with E-state index in [0.29, 0.717) is 43.3 Å². The van der Waals surface area contributed by atoms with Crippen molar-refractivity contribution in [1.82, 2.24) is 4.90 Å². The van der Waals surface area contributed by atoms with Gasteiger partial charge in [0, 0.05) is 36.0 Å². The Bertz CT molecular complexity index is 1380. The Kier molecular flexibility index (Phi) is 9.39. The van der Waals surface area contributed by atoms with E-state index >= 15 is 0 Å². The molecule has 3 aromatic carbocycles. The maximum absolute atomic E-state index is 13.4. The van der Waals surface area contributed by atoms with Gasteiger partial charge in [0.2, 0.25) is 0 Å². The number of ether oxygens (including phenoxy) is 1. The third kappa shape index (κ3) is 7.70. The van der Waals surface area contributed by atoms with Gasteiger partial charge in [-0.3, -0.25) is 4.79 Å². The van der Waals surface area contributed by atoms with E-state index in [-0.39, 0.29) is 28.5 Å². The molecule has 1 heterocycles. The molecular formula is C32H35FN2O6. The maximum atomic E-state index is 13.4. The molecule has 0 aromatic heterocycles. The van der Waals surface area contributed by atoms with E-state index in [4.69, 9.17) is 9.84 Å². The second-order valence-electron chi connectivity index (χ2n) is 10.5. The van der Waals surface area contributed by atoms with Crippen molar-refractivity contribution in [3.05, 3.63) is 89.2 Å². The van der Waals surface area contributed by atoms with Crippen LogP contribution in [0, 0.1) is 11.7 Å². The molecule has 8 nitrogen and oxygen atoms in total. The number of aromatic carboxylic acids is 1. The van der Waals surface area contributed by atoms with Gasteiger partial charge in [0.15, 0.2) is 5.78 Å². The van der Waals surface area contributed by atoms with Crippen molar-refractivity contribution >= 4 is 23.5 Å². The minimum atomic E-state index is -1.07. The number of urea groups is 1. The Morgan fingerprint density at radius 1 is 0.902 bits per heavy atom. The van der Waals surface area contributed by atoms with E-state index in [0.717, 1.165) is 19.3 Å². The van der Waals surface area contributed by atoms with Crippen LogP contribution in [0.2, 0.25) is 0 Å². The second-order valence-corrected chi connectivity index (χ2v) is 10.5. The van der Waals surface area contributed by atoms with Crippen LogP contribution < -0.4 is 10.1 Å². The summed E-state index contributed by atoms with van der Waals surface area (Å²) in [5.41, 5.74) is 0.104. The van der Waals surface area contributed by atoms with Crippen molar-refractivity contribution in [2.24, 2.45) is 5.92 Å². The molecule has 9 heteroatoms. The predicted molar refractivity (Wildman–Crippen MR) is 153 cm³/mol. The van der Waals surface area contributed by atoms with Crippen LogP contribution in [-0.2, 0) is 0 Å². The Labute approximate surface area is 238 Å². The number of likely N-dealkylation sites (tertiary alicyclic amines) is 1.